The highest BCUT2D eigenvalue weighted by atomic mass is 35.5. The number of urea groups is 1. The summed E-state index contributed by atoms with van der Waals surface area (Å²) in [6, 6.07) is 2.15. The minimum Gasteiger partial charge on any atom is -0.461 e. The van der Waals surface area contributed by atoms with E-state index in [1.807, 2.05) is 0 Å². The maximum atomic E-state index is 13.8. The number of hydrogen-bond donors (Lipinski definition) is 4. The zero-order valence-electron chi connectivity index (χ0n) is 26.7. The molecule has 4 aliphatic rings. The van der Waals surface area contributed by atoms with Crippen molar-refractivity contribution in [2.45, 2.75) is 36.7 Å². The summed E-state index contributed by atoms with van der Waals surface area (Å²) < 4.78 is 75.1. The Bertz CT molecular complexity index is 1890. The molecule has 2 saturated heterocycles. The molecule has 5 atom stereocenters. The number of alkyl halides is 5. The van der Waals surface area contributed by atoms with Crippen molar-refractivity contribution in [1.82, 2.24) is 40.2 Å². The zero-order valence-corrected chi connectivity index (χ0v) is 27.5. The van der Waals surface area contributed by atoms with Crippen LogP contribution in [0.15, 0.2) is 30.6 Å². The first-order chi connectivity index (χ1) is 24.2. The number of anilines is 1. The number of likely N-dealkylation sites (tertiary alicyclic amines) is 1. The number of nitrogens with one attached hydrogen (secondary N) is 4. The minimum absolute atomic E-state index is 0.0297. The first-order valence-electron chi connectivity index (χ1n) is 16.0. The standard InChI is InChI=1S/C31H31ClF5N9O5/c1-44-22(19-12-46(24-5-30(24,33)34)43-25(19)31(35,36)37)8-39-26(44)28(49)41-14-2-3-15(20(32)4-14)27(48)40-6-16-17-10-45(11-18(16)17)29(50)42-21-7-38-9-23(21)51-13-47/h2-4,8,12-13,16-18,21,23-24,38H,5-7,9-11H2,1H3,(H,40,48)(H,41,49)(H,42,50)/t16?,17?,18?,21-,23-,24?/m0/s1. The Morgan fingerprint density at radius 2 is 1.88 bits per heavy atom. The Balaban J connectivity index is 0.923. The molecule has 4 heterocycles. The molecule has 3 aromatic rings. The van der Waals surface area contributed by atoms with E-state index in [4.69, 9.17) is 16.3 Å². The van der Waals surface area contributed by atoms with Crippen LogP contribution in [0.4, 0.5) is 32.4 Å². The molecule has 2 aliphatic carbocycles. The summed E-state index contributed by atoms with van der Waals surface area (Å²) in [6.07, 6.45) is -4.11. The number of rotatable bonds is 10. The second kappa shape index (κ2) is 12.8. The van der Waals surface area contributed by atoms with Crippen LogP contribution in [0.3, 0.4) is 0 Å². The highest BCUT2D eigenvalue weighted by molar-refractivity contribution is 6.34. The molecule has 0 radical (unpaired) electrons. The average molecular weight is 740 g/mol. The zero-order chi connectivity index (χ0) is 36.4. The summed E-state index contributed by atoms with van der Waals surface area (Å²) in [5, 5.41) is 14.8. The van der Waals surface area contributed by atoms with Gasteiger partial charge in [0.2, 0.25) is 0 Å². The van der Waals surface area contributed by atoms with E-state index in [1.165, 1.54) is 25.2 Å². The van der Waals surface area contributed by atoms with Gasteiger partial charge in [0.05, 0.1) is 34.1 Å². The summed E-state index contributed by atoms with van der Waals surface area (Å²) in [4.78, 5) is 55.1. The van der Waals surface area contributed by atoms with Crippen LogP contribution in [0.2, 0.25) is 5.02 Å². The lowest BCUT2D eigenvalue weighted by atomic mass is 10.1. The third-order valence-corrected chi connectivity index (χ3v) is 10.2. The van der Waals surface area contributed by atoms with Gasteiger partial charge in [0.15, 0.2) is 11.5 Å². The van der Waals surface area contributed by atoms with E-state index in [1.54, 1.807) is 4.90 Å². The molecule has 3 unspecified atom stereocenters. The lowest BCUT2D eigenvalue weighted by molar-refractivity contribution is -0.141. The predicted molar refractivity (Wildman–Crippen MR) is 168 cm³/mol. The Morgan fingerprint density at radius 3 is 2.53 bits per heavy atom. The van der Waals surface area contributed by atoms with Crippen molar-refractivity contribution in [1.29, 1.82) is 0 Å². The molecule has 4 amide bonds. The fraction of sp³-hybridized carbons (Fsp3) is 0.484. The van der Waals surface area contributed by atoms with Gasteiger partial charge in [-0.3, -0.25) is 19.1 Å². The number of piperidine rings is 1. The number of carbonyl (C=O) groups excluding carboxylic acids is 4. The largest absolute Gasteiger partial charge is 0.461 e. The van der Waals surface area contributed by atoms with Gasteiger partial charge in [0.1, 0.15) is 12.1 Å². The molecular formula is C31H31ClF5N9O5. The number of halogens is 6. The SMILES string of the molecule is Cn1c(-c2cn(C3CC3(F)F)nc2C(F)(F)F)cnc1C(=O)Nc1ccc(C(=O)NCC2C3CN(C(=O)N[C@H]4CNC[C@@H]4OC=O)CC23)c(Cl)c1. The number of hydrogen-bond acceptors (Lipinski definition) is 8. The van der Waals surface area contributed by atoms with E-state index in [0.29, 0.717) is 43.9 Å². The molecule has 0 bridgehead atoms. The highest BCUT2D eigenvalue weighted by Gasteiger charge is 2.60. The Hall–Kier alpha value is -4.78. The molecule has 14 nitrogen and oxygen atoms in total. The summed E-state index contributed by atoms with van der Waals surface area (Å²) >= 11 is 6.38. The minimum atomic E-state index is -4.95. The average Bonchev–Trinajstić information content (AvgIpc) is 3.51. The molecule has 0 spiro atoms. The third-order valence-electron chi connectivity index (χ3n) is 9.91. The van der Waals surface area contributed by atoms with Gasteiger partial charge in [0.25, 0.3) is 24.2 Å². The molecular weight excluding hydrogens is 709 g/mol. The van der Waals surface area contributed by atoms with Gasteiger partial charge in [-0.05, 0) is 36.0 Å². The number of imidazole rings is 1. The molecule has 4 N–H and O–H groups in total. The fourth-order valence-corrected chi connectivity index (χ4v) is 7.22. The van der Waals surface area contributed by atoms with Crippen molar-refractivity contribution in [2.75, 3.05) is 38.0 Å². The lowest BCUT2D eigenvalue weighted by Gasteiger charge is -2.25. The molecule has 1 aromatic carbocycles. The van der Waals surface area contributed by atoms with Crippen molar-refractivity contribution in [3.8, 4) is 11.3 Å². The third kappa shape index (κ3) is 6.71. The maximum absolute atomic E-state index is 13.8. The van der Waals surface area contributed by atoms with Gasteiger partial charge < -0.3 is 35.5 Å². The molecule has 2 saturated carbocycles. The first kappa shape index (κ1) is 34.7. The Labute approximate surface area is 291 Å². The van der Waals surface area contributed by atoms with Crippen LogP contribution in [0.5, 0.6) is 0 Å². The van der Waals surface area contributed by atoms with Crippen molar-refractivity contribution >= 4 is 41.6 Å². The Morgan fingerprint density at radius 1 is 1.16 bits per heavy atom. The van der Waals surface area contributed by atoms with Gasteiger partial charge in [-0.15, -0.1) is 0 Å². The van der Waals surface area contributed by atoms with E-state index in [-0.39, 0.29) is 57.6 Å². The van der Waals surface area contributed by atoms with E-state index < -0.39 is 53.7 Å². The molecule has 2 aromatic heterocycles. The number of aromatic nitrogens is 4. The van der Waals surface area contributed by atoms with Gasteiger partial charge in [0, 0.05) is 58.1 Å². The van der Waals surface area contributed by atoms with E-state index in [0.717, 1.165) is 17.0 Å². The number of nitrogens with zero attached hydrogens (tertiary/aromatic N) is 5. The van der Waals surface area contributed by atoms with Crippen LogP contribution in [0, 0.1) is 17.8 Å². The smallest absolute Gasteiger partial charge is 0.435 e. The van der Waals surface area contributed by atoms with Crippen molar-refractivity contribution < 1.29 is 45.9 Å². The number of carbonyl (C=O) groups is 4. The van der Waals surface area contributed by atoms with Crippen molar-refractivity contribution in [2.24, 2.45) is 24.8 Å². The van der Waals surface area contributed by atoms with Gasteiger partial charge in [-0.2, -0.15) is 18.3 Å². The molecule has 2 aliphatic heterocycles. The monoisotopic (exact) mass is 739 g/mol. The quantitative estimate of drug-likeness (QED) is 0.182. The van der Waals surface area contributed by atoms with Crippen LogP contribution >= 0.6 is 11.6 Å². The number of benzene rings is 1. The van der Waals surface area contributed by atoms with Crippen LogP contribution < -0.4 is 21.3 Å². The van der Waals surface area contributed by atoms with E-state index in [9.17, 15) is 41.1 Å². The summed E-state index contributed by atoms with van der Waals surface area (Å²) in [6.45, 7) is 2.78. The van der Waals surface area contributed by atoms with Crippen LogP contribution in [0.25, 0.3) is 11.3 Å². The molecule has 7 rings (SSSR count). The summed E-state index contributed by atoms with van der Waals surface area (Å²) in [5.41, 5.74) is -1.72. The summed E-state index contributed by atoms with van der Waals surface area (Å²) in [7, 11) is 1.30. The van der Waals surface area contributed by atoms with E-state index >= 15 is 0 Å². The van der Waals surface area contributed by atoms with Crippen LogP contribution in [-0.4, -0.2) is 99.3 Å². The topological polar surface area (TPSA) is 165 Å². The molecule has 4 fully saturated rings. The second-order valence-corrected chi connectivity index (χ2v) is 13.5. The first-order valence-corrected chi connectivity index (χ1v) is 16.3. The van der Waals surface area contributed by atoms with Gasteiger partial charge in [-0.25, -0.2) is 18.6 Å². The normalized spacial score (nSPS) is 26.0. The number of amides is 4. The van der Waals surface area contributed by atoms with Crippen LogP contribution in [0.1, 0.15) is 39.1 Å². The second-order valence-electron chi connectivity index (χ2n) is 13.1. The predicted octanol–water partition coefficient (Wildman–Crippen LogP) is 2.92. The number of ether oxygens (including phenoxy) is 1. The fourth-order valence-electron chi connectivity index (χ4n) is 6.96. The lowest BCUT2D eigenvalue weighted by Crippen LogP contribution is -2.50. The molecule has 20 heteroatoms. The molecule has 272 valence electrons. The summed E-state index contributed by atoms with van der Waals surface area (Å²) in [5.74, 6) is -4.02. The van der Waals surface area contributed by atoms with E-state index in [2.05, 4.69) is 31.3 Å². The number of fused-ring (bicyclic) bond motifs is 1. The molecule has 51 heavy (non-hydrogen) atoms. The van der Waals surface area contributed by atoms with Gasteiger partial charge in [-0.1, -0.05) is 11.6 Å². The van der Waals surface area contributed by atoms with Gasteiger partial charge >= 0.3 is 12.2 Å². The van der Waals surface area contributed by atoms with Crippen molar-refractivity contribution in [3.05, 3.63) is 52.7 Å². The van der Waals surface area contributed by atoms with Crippen molar-refractivity contribution in [3.63, 3.8) is 0 Å². The maximum Gasteiger partial charge on any atom is 0.435 e. The highest BCUT2D eigenvalue weighted by Crippen LogP contribution is 2.53. The Kier molecular flexibility index (Phi) is 8.68. The van der Waals surface area contributed by atoms with Crippen LogP contribution in [-0.2, 0) is 22.8 Å².